The molecule has 0 aliphatic carbocycles. The minimum Gasteiger partial charge on any atom is -0.377 e. The lowest BCUT2D eigenvalue weighted by Crippen LogP contribution is -2.36. The van der Waals surface area contributed by atoms with Crippen molar-refractivity contribution >= 4 is 39.1 Å². The fraction of sp³-hybridized carbons (Fsp3) is 0.517. The molecule has 1 heterocycles. The predicted octanol–water partition coefficient (Wildman–Crippen LogP) is 4.48. The van der Waals surface area contributed by atoms with E-state index in [0.29, 0.717) is 6.42 Å². The summed E-state index contributed by atoms with van der Waals surface area (Å²) in [4.78, 5) is 16.5. The molecule has 0 bridgehead atoms. The summed E-state index contributed by atoms with van der Waals surface area (Å²) in [5, 5.41) is 8.75. The second-order valence-electron chi connectivity index (χ2n) is 9.90. The first-order valence-corrected chi connectivity index (χ1v) is 13.1. The first-order chi connectivity index (χ1) is 16.9. The van der Waals surface area contributed by atoms with Crippen LogP contribution in [0, 0.1) is 0 Å². The number of rotatable bonds is 14. The van der Waals surface area contributed by atoms with E-state index in [4.69, 9.17) is 0 Å². The van der Waals surface area contributed by atoms with Crippen LogP contribution in [0.25, 0.3) is 21.8 Å². The number of aromatic nitrogens is 1. The number of aryl methyl sites for hydroxylation is 1. The number of pyridine rings is 1. The van der Waals surface area contributed by atoms with E-state index in [0.717, 1.165) is 51.7 Å². The van der Waals surface area contributed by atoms with Crippen LogP contribution in [-0.4, -0.2) is 54.2 Å². The van der Waals surface area contributed by atoms with Crippen molar-refractivity contribution in [2.24, 2.45) is 0 Å². The van der Waals surface area contributed by atoms with Crippen LogP contribution >= 0.6 is 0 Å². The van der Waals surface area contributed by atoms with Gasteiger partial charge < -0.3 is 20.4 Å². The highest BCUT2D eigenvalue weighted by Gasteiger charge is 2.17. The van der Waals surface area contributed by atoms with Crippen LogP contribution in [0.15, 0.2) is 42.5 Å². The number of carbonyl (C=O) groups is 1. The number of nitrogens with one attached hydrogen (secondary N) is 2. The Bertz CT molecular complexity index is 1040. The van der Waals surface area contributed by atoms with Gasteiger partial charge in [0.25, 0.3) is 0 Å². The number of hydrogen-bond donors (Lipinski definition) is 2. The summed E-state index contributed by atoms with van der Waals surface area (Å²) < 4.78 is 2.47. The van der Waals surface area contributed by atoms with Crippen molar-refractivity contribution in [2.75, 3.05) is 58.1 Å². The molecule has 2 aromatic carbocycles. The Morgan fingerprint density at radius 1 is 0.743 bits per heavy atom. The topological polar surface area (TPSA) is 51.5 Å². The molecule has 0 aliphatic heterocycles. The number of nitrogens with zero attached hydrogens (tertiary/aromatic N) is 3. The molecule has 3 rings (SSSR count). The molecule has 1 amide bonds. The van der Waals surface area contributed by atoms with Crippen LogP contribution in [0.2, 0.25) is 0 Å². The second kappa shape index (κ2) is 13.3. The van der Waals surface area contributed by atoms with Crippen molar-refractivity contribution < 1.29 is 9.36 Å². The minimum atomic E-state index is 0.188. The monoisotopic (exact) mass is 478 g/mol. The van der Waals surface area contributed by atoms with Gasteiger partial charge in [0.05, 0.1) is 0 Å². The summed E-state index contributed by atoms with van der Waals surface area (Å²) in [6.45, 7) is 2.78. The average Bonchev–Trinajstić information content (AvgIpc) is 2.84. The highest BCUT2D eigenvalue weighted by molar-refractivity contribution is 5.91. The van der Waals surface area contributed by atoms with Gasteiger partial charge in [-0.05, 0) is 69.6 Å². The van der Waals surface area contributed by atoms with Gasteiger partial charge in [-0.2, -0.15) is 4.57 Å². The second-order valence-corrected chi connectivity index (χ2v) is 9.90. The number of carbonyl (C=O) groups excluding carboxylic acids is 1. The normalized spacial score (nSPS) is 11.2. The molecule has 0 unspecified atom stereocenters. The average molecular weight is 479 g/mol. The Hall–Kier alpha value is -2.86. The standard InChI is InChI=1S/C29H43N5O/c1-30-17-9-7-10-18-31-29(35)12-8-6-11-19-34-27-21-25(32(2)3)15-13-23(27)20-24-14-16-26(33(4)5)22-28(24)34/h13-16,20-22,30H,6-12,17-19H2,1-5H3/p+1. The molecule has 35 heavy (non-hydrogen) atoms. The van der Waals surface area contributed by atoms with E-state index in [1.807, 2.05) is 7.05 Å². The van der Waals surface area contributed by atoms with Crippen LogP contribution < -0.4 is 25.0 Å². The zero-order valence-electron chi connectivity index (χ0n) is 22.4. The molecule has 3 aromatic rings. The van der Waals surface area contributed by atoms with Crippen LogP contribution in [0.4, 0.5) is 11.4 Å². The molecule has 0 fully saturated rings. The Morgan fingerprint density at radius 3 is 1.89 bits per heavy atom. The van der Waals surface area contributed by atoms with E-state index in [2.05, 4.69) is 95.7 Å². The van der Waals surface area contributed by atoms with Crippen molar-refractivity contribution in [1.29, 1.82) is 0 Å². The molecule has 0 radical (unpaired) electrons. The molecular weight excluding hydrogens is 434 g/mol. The fourth-order valence-electron chi connectivity index (χ4n) is 4.52. The molecular formula is C29H44N5O+. The lowest BCUT2D eigenvalue weighted by Gasteiger charge is -2.15. The summed E-state index contributed by atoms with van der Waals surface area (Å²) in [6, 6.07) is 15.7. The predicted molar refractivity (Wildman–Crippen MR) is 150 cm³/mol. The van der Waals surface area contributed by atoms with Crippen molar-refractivity contribution in [3.05, 3.63) is 42.5 Å². The van der Waals surface area contributed by atoms with Crippen molar-refractivity contribution in [3.63, 3.8) is 0 Å². The quantitative estimate of drug-likeness (QED) is 0.204. The SMILES string of the molecule is CNCCCCCNC(=O)CCCCC[n+]1c2cc(N(C)C)ccc2cc2ccc(N(C)C)cc21. The molecule has 0 aliphatic rings. The van der Waals surface area contributed by atoms with Crippen LogP contribution in [0.3, 0.4) is 0 Å². The lowest BCUT2D eigenvalue weighted by molar-refractivity contribution is -0.645. The van der Waals surface area contributed by atoms with Gasteiger partial charge in [0.15, 0.2) is 0 Å². The van der Waals surface area contributed by atoms with Gasteiger partial charge in [-0.3, -0.25) is 4.79 Å². The molecule has 0 atom stereocenters. The maximum atomic E-state index is 12.2. The molecule has 0 spiro atoms. The number of amides is 1. The third-order valence-corrected chi connectivity index (χ3v) is 6.66. The summed E-state index contributed by atoms with van der Waals surface area (Å²) in [7, 11) is 10.3. The van der Waals surface area contributed by atoms with Crippen molar-refractivity contribution in [1.82, 2.24) is 10.6 Å². The van der Waals surface area contributed by atoms with Gasteiger partial charge in [0, 0.05) is 81.9 Å². The Labute approximate surface area is 211 Å². The van der Waals surface area contributed by atoms with E-state index in [1.54, 1.807) is 0 Å². The minimum absolute atomic E-state index is 0.188. The maximum Gasteiger partial charge on any atom is 0.219 e. The number of hydrogen-bond acceptors (Lipinski definition) is 4. The molecule has 190 valence electrons. The first-order valence-electron chi connectivity index (χ1n) is 13.1. The largest absolute Gasteiger partial charge is 0.377 e. The number of anilines is 2. The third kappa shape index (κ3) is 7.56. The molecule has 6 heteroatoms. The van der Waals surface area contributed by atoms with Gasteiger partial charge in [-0.1, -0.05) is 6.42 Å². The summed E-state index contributed by atoms with van der Waals surface area (Å²) in [5.41, 5.74) is 4.93. The van der Waals surface area contributed by atoms with E-state index in [9.17, 15) is 4.79 Å². The molecule has 0 saturated carbocycles. The smallest absolute Gasteiger partial charge is 0.219 e. The van der Waals surface area contributed by atoms with Gasteiger partial charge in [0.1, 0.15) is 6.54 Å². The van der Waals surface area contributed by atoms with E-state index < -0.39 is 0 Å². The molecule has 2 N–H and O–H groups in total. The number of fused-ring (bicyclic) bond motifs is 2. The zero-order valence-corrected chi connectivity index (χ0v) is 22.4. The van der Waals surface area contributed by atoms with Gasteiger partial charge in [-0.25, -0.2) is 0 Å². The van der Waals surface area contributed by atoms with Crippen molar-refractivity contribution in [2.45, 2.75) is 51.5 Å². The Morgan fingerprint density at radius 2 is 1.31 bits per heavy atom. The van der Waals surface area contributed by atoms with Crippen LogP contribution in [0.1, 0.15) is 44.9 Å². The number of benzene rings is 2. The highest BCUT2D eigenvalue weighted by atomic mass is 16.1. The molecule has 0 saturated heterocycles. The zero-order chi connectivity index (χ0) is 25.2. The summed E-state index contributed by atoms with van der Waals surface area (Å²) in [5.74, 6) is 0.188. The van der Waals surface area contributed by atoms with Gasteiger partial charge >= 0.3 is 0 Å². The maximum absolute atomic E-state index is 12.2. The Balaban J connectivity index is 1.65. The molecule has 1 aromatic heterocycles. The first kappa shape index (κ1) is 26.7. The van der Waals surface area contributed by atoms with Crippen molar-refractivity contribution in [3.8, 4) is 0 Å². The molecule has 6 nitrogen and oxygen atoms in total. The number of unbranched alkanes of at least 4 members (excludes halogenated alkanes) is 4. The van der Waals surface area contributed by atoms with Gasteiger partial charge in [-0.15, -0.1) is 0 Å². The summed E-state index contributed by atoms with van der Waals surface area (Å²) >= 11 is 0. The summed E-state index contributed by atoms with van der Waals surface area (Å²) in [6.07, 6.45) is 7.02. The van der Waals surface area contributed by atoms with Crippen LogP contribution in [0.5, 0.6) is 0 Å². The van der Waals surface area contributed by atoms with Crippen LogP contribution in [-0.2, 0) is 11.3 Å². The third-order valence-electron chi connectivity index (χ3n) is 6.66. The lowest BCUT2D eigenvalue weighted by atomic mass is 10.1. The van der Waals surface area contributed by atoms with E-state index in [-0.39, 0.29) is 5.91 Å². The fourth-order valence-corrected chi connectivity index (χ4v) is 4.52. The Kier molecular flexibility index (Phi) is 10.2. The van der Waals surface area contributed by atoms with E-state index >= 15 is 0 Å². The van der Waals surface area contributed by atoms with E-state index in [1.165, 1.54) is 39.6 Å². The van der Waals surface area contributed by atoms with Gasteiger partial charge in [0.2, 0.25) is 16.9 Å². The highest BCUT2D eigenvalue weighted by Crippen LogP contribution is 2.25.